The summed E-state index contributed by atoms with van der Waals surface area (Å²) >= 11 is 0. The SMILES string of the molecule is C=CCN1C(=O)COc2cc(F)c(N(C(C)=O)C(=O)C3=C(C(=O)O)CCCC3)cc21. The Balaban J connectivity index is 2.12. The average Bonchev–Trinajstić information content (AvgIpc) is 2.70. The molecule has 0 radical (unpaired) electrons. The molecule has 0 bridgehead atoms. The number of aliphatic carboxylic acids is 1. The van der Waals surface area contributed by atoms with Gasteiger partial charge in [-0.3, -0.25) is 14.4 Å². The number of amides is 3. The zero-order valence-electron chi connectivity index (χ0n) is 16.4. The lowest BCUT2D eigenvalue weighted by atomic mass is 9.90. The van der Waals surface area contributed by atoms with Crippen LogP contribution in [0, 0.1) is 5.82 Å². The molecular formula is C21H21FN2O6. The molecule has 1 aromatic rings. The van der Waals surface area contributed by atoms with Gasteiger partial charge in [0, 0.05) is 30.7 Å². The third-order valence-corrected chi connectivity index (χ3v) is 5.03. The molecule has 3 amide bonds. The van der Waals surface area contributed by atoms with E-state index in [-0.39, 0.29) is 60.2 Å². The normalized spacial score (nSPS) is 15.9. The van der Waals surface area contributed by atoms with E-state index in [1.54, 1.807) is 0 Å². The van der Waals surface area contributed by atoms with E-state index in [0.717, 1.165) is 13.0 Å². The summed E-state index contributed by atoms with van der Waals surface area (Å²) in [6.07, 6.45) is 3.06. The maximum Gasteiger partial charge on any atom is 0.332 e. The lowest BCUT2D eigenvalue weighted by Gasteiger charge is -2.31. The maximum atomic E-state index is 14.9. The first-order valence-electron chi connectivity index (χ1n) is 9.44. The van der Waals surface area contributed by atoms with Crippen LogP contribution in [-0.4, -0.2) is 41.9 Å². The number of hydrogen-bond acceptors (Lipinski definition) is 5. The Morgan fingerprint density at radius 2 is 1.93 bits per heavy atom. The van der Waals surface area contributed by atoms with Gasteiger partial charge in [-0.1, -0.05) is 6.08 Å². The molecule has 0 fully saturated rings. The van der Waals surface area contributed by atoms with Crippen LogP contribution in [0.2, 0.25) is 0 Å². The Kier molecular flexibility index (Phi) is 6.00. The third-order valence-electron chi connectivity index (χ3n) is 5.03. The van der Waals surface area contributed by atoms with E-state index in [2.05, 4.69) is 6.58 Å². The minimum Gasteiger partial charge on any atom is -0.481 e. The molecule has 1 aliphatic heterocycles. The molecular weight excluding hydrogens is 395 g/mol. The average molecular weight is 416 g/mol. The molecule has 0 aromatic heterocycles. The lowest BCUT2D eigenvalue weighted by Crippen LogP contribution is -2.40. The first-order valence-corrected chi connectivity index (χ1v) is 9.44. The Bertz CT molecular complexity index is 984. The molecule has 2 aliphatic rings. The second-order valence-electron chi connectivity index (χ2n) is 6.98. The molecule has 0 saturated heterocycles. The smallest absolute Gasteiger partial charge is 0.332 e. The fraction of sp³-hybridized carbons (Fsp3) is 0.333. The van der Waals surface area contributed by atoms with Crippen LogP contribution in [-0.2, 0) is 19.2 Å². The van der Waals surface area contributed by atoms with E-state index in [1.165, 1.54) is 17.0 Å². The Morgan fingerprint density at radius 3 is 2.53 bits per heavy atom. The molecule has 0 unspecified atom stereocenters. The summed E-state index contributed by atoms with van der Waals surface area (Å²) in [5, 5.41) is 9.43. The zero-order valence-corrected chi connectivity index (χ0v) is 16.4. The third kappa shape index (κ3) is 3.83. The van der Waals surface area contributed by atoms with Gasteiger partial charge in [0.25, 0.3) is 11.8 Å². The van der Waals surface area contributed by atoms with Crippen molar-refractivity contribution < 1.29 is 33.4 Å². The number of rotatable bonds is 5. The van der Waals surface area contributed by atoms with Crippen LogP contribution in [0.4, 0.5) is 15.8 Å². The highest BCUT2D eigenvalue weighted by Crippen LogP contribution is 2.39. The van der Waals surface area contributed by atoms with Gasteiger partial charge in [-0.15, -0.1) is 6.58 Å². The topological polar surface area (TPSA) is 104 Å². The van der Waals surface area contributed by atoms with Crippen molar-refractivity contribution in [3.05, 3.63) is 41.8 Å². The number of benzene rings is 1. The molecule has 30 heavy (non-hydrogen) atoms. The van der Waals surface area contributed by atoms with Crippen LogP contribution in [0.15, 0.2) is 35.9 Å². The fourth-order valence-electron chi connectivity index (χ4n) is 3.65. The number of imide groups is 1. The van der Waals surface area contributed by atoms with Crippen LogP contribution in [0.3, 0.4) is 0 Å². The van der Waals surface area contributed by atoms with Gasteiger partial charge in [-0.25, -0.2) is 14.1 Å². The number of hydrogen-bond donors (Lipinski definition) is 1. The minimum absolute atomic E-state index is 0.0173. The number of fused-ring (bicyclic) bond motifs is 1. The van der Waals surface area contributed by atoms with E-state index < -0.39 is 23.6 Å². The first-order chi connectivity index (χ1) is 14.3. The van der Waals surface area contributed by atoms with Crippen molar-refractivity contribution in [3.63, 3.8) is 0 Å². The number of carbonyl (C=O) groups excluding carboxylic acids is 3. The predicted octanol–water partition coefficient (Wildman–Crippen LogP) is 2.57. The number of carbonyl (C=O) groups is 4. The van der Waals surface area contributed by atoms with Crippen molar-refractivity contribution in [1.29, 1.82) is 0 Å². The van der Waals surface area contributed by atoms with Crippen molar-refractivity contribution >= 4 is 35.1 Å². The van der Waals surface area contributed by atoms with Crippen molar-refractivity contribution in [1.82, 2.24) is 0 Å². The summed E-state index contributed by atoms with van der Waals surface area (Å²) in [6.45, 7) is 4.53. The van der Waals surface area contributed by atoms with E-state index in [9.17, 15) is 28.7 Å². The molecule has 1 aromatic carbocycles. The highest BCUT2D eigenvalue weighted by atomic mass is 19.1. The Labute approximate surface area is 172 Å². The molecule has 1 aliphatic carbocycles. The van der Waals surface area contributed by atoms with Gasteiger partial charge in [0.1, 0.15) is 5.75 Å². The molecule has 158 valence electrons. The van der Waals surface area contributed by atoms with E-state index in [4.69, 9.17) is 4.74 Å². The summed E-state index contributed by atoms with van der Waals surface area (Å²) in [5.41, 5.74) is -0.266. The number of nitrogens with zero attached hydrogens (tertiary/aromatic N) is 2. The molecule has 1 heterocycles. The van der Waals surface area contributed by atoms with Gasteiger partial charge in [-0.05, 0) is 31.7 Å². The quantitative estimate of drug-likeness (QED) is 0.740. The largest absolute Gasteiger partial charge is 0.481 e. The van der Waals surface area contributed by atoms with Gasteiger partial charge >= 0.3 is 5.97 Å². The maximum absolute atomic E-state index is 14.9. The van der Waals surface area contributed by atoms with Crippen molar-refractivity contribution in [2.75, 3.05) is 23.0 Å². The molecule has 3 rings (SSSR count). The summed E-state index contributed by atoms with van der Waals surface area (Å²) in [4.78, 5) is 51.1. The van der Waals surface area contributed by atoms with Gasteiger partial charge < -0.3 is 14.7 Å². The second-order valence-corrected chi connectivity index (χ2v) is 6.98. The van der Waals surface area contributed by atoms with Crippen LogP contribution >= 0.6 is 0 Å². The number of ether oxygens (including phenoxy) is 1. The molecule has 8 nitrogen and oxygen atoms in total. The van der Waals surface area contributed by atoms with E-state index in [0.29, 0.717) is 17.7 Å². The monoisotopic (exact) mass is 416 g/mol. The second kappa shape index (κ2) is 8.48. The molecule has 0 atom stereocenters. The van der Waals surface area contributed by atoms with Crippen LogP contribution in [0.25, 0.3) is 0 Å². The van der Waals surface area contributed by atoms with Gasteiger partial charge in [0.15, 0.2) is 12.4 Å². The van der Waals surface area contributed by atoms with Gasteiger partial charge in [-0.2, -0.15) is 0 Å². The highest BCUT2D eigenvalue weighted by Gasteiger charge is 2.34. The number of carboxylic acids is 1. The zero-order chi connectivity index (χ0) is 22.0. The molecule has 9 heteroatoms. The van der Waals surface area contributed by atoms with Crippen LogP contribution in [0.5, 0.6) is 5.75 Å². The predicted molar refractivity (Wildman–Crippen MR) is 106 cm³/mol. The summed E-state index contributed by atoms with van der Waals surface area (Å²) < 4.78 is 20.2. The highest BCUT2D eigenvalue weighted by molar-refractivity contribution is 6.22. The summed E-state index contributed by atoms with van der Waals surface area (Å²) in [7, 11) is 0. The summed E-state index contributed by atoms with van der Waals surface area (Å²) in [6, 6.07) is 2.19. The fourth-order valence-corrected chi connectivity index (χ4v) is 3.65. The van der Waals surface area contributed by atoms with Crippen LogP contribution < -0.4 is 14.5 Å². The summed E-state index contributed by atoms with van der Waals surface area (Å²) in [5.74, 6) is -4.08. The van der Waals surface area contributed by atoms with Gasteiger partial charge in [0.05, 0.1) is 11.4 Å². The van der Waals surface area contributed by atoms with Gasteiger partial charge in [0.2, 0.25) is 5.91 Å². The van der Waals surface area contributed by atoms with E-state index in [1.807, 2.05) is 0 Å². The Morgan fingerprint density at radius 1 is 1.27 bits per heavy atom. The Hall–Kier alpha value is -3.49. The molecule has 0 spiro atoms. The molecule has 0 saturated carbocycles. The standard InChI is InChI=1S/C21H21FN2O6/c1-3-8-23-17-10-16(15(22)9-18(17)30-11-19(23)26)24(12(2)25)20(27)13-6-4-5-7-14(13)21(28)29/h3,9-10H,1,4-8,11H2,2H3,(H,28,29). The number of halogens is 1. The van der Waals surface area contributed by atoms with Crippen molar-refractivity contribution in [2.45, 2.75) is 32.6 Å². The van der Waals surface area contributed by atoms with E-state index >= 15 is 0 Å². The van der Waals surface area contributed by atoms with Crippen molar-refractivity contribution in [2.24, 2.45) is 0 Å². The minimum atomic E-state index is -1.23. The number of anilines is 2. The lowest BCUT2D eigenvalue weighted by molar-refractivity contribution is -0.133. The first kappa shape index (κ1) is 21.2. The van der Waals surface area contributed by atoms with Crippen molar-refractivity contribution in [3.8, 4) is 5.75 Å². The number of carboxylic acid groups (broad SMARTS) is 1. The van der Waals surface area contributed by atoms with Crippen LogP contribution in [0.1, 0.15) is 32.6 Å². The molecule has 1 N–H and O–H groups in total.